The van der Waals surface area contributed by atoms with E-state index in [1.165, 1.54) is 12.1 Å². The van der Waals surface area contributed by atoms with Gasteiger partial charge in [0.15, 0.2) is 9.84 Å². The van der Waals surface area contributed by atoms with Crippen molar-refractivity contribution in [2.24, 2.45) is 10.2 Å². The lowest BCUT2D eigenvalue weighted by atomic mass is 10.2. The molecule has 2 aromatic carbocycles. The second-order valence-electron chi connectivity index (χ2n) is 6.98. The summed E-state index contributed by atoms with van der Waals surface area (Å²) in [5, 5.41) is 16.8. The van der Waals surface area contributed by atoms with E-state index in [0.29, 0.717) is 18.8 Å². The first-order valence-corrected chi connectivity index (χ1v) is 14.4. The van der Waals surface area contributed by atoms with Gasteiger partial charge >= 0.3 is 10.4 Å². The van der Waals surface area contributed by atoms with E-state index in [-0.39, 0.29) is 18.8 Å². The predicted octanol–water partition coefficient (Wildman–Crippen LogP) is 1.66. The molecule has 0 amide bonds. The minimum Gasteiger partial charge on any atom is -0.395 e. The predicted molar refractivity (Wildman–Crippen MR) is 127 cm³/mol. The van der Waals surface area contributed by atoms with Gasteiger partial charge < -0.3 is 14.9 Å². The summed E-state index contributed by atoms with van der Waals surface area (Å²) in [6.07, 6.45) is 0. The highest BCUT2D eigenvalue weighted by Crippen LogP contribution is 2.30. The van der Waals surface area contributed by atoms with Gasteiger partial charge in [-0.25, -0.2) is 19.2 Å². The van der Waals surface area contributed by atoms with Crippen molar-refractivity contribution in [2.45, 2.75) is 9.79 Å². The van der Waals surface area contributed by atoms with Crippen molar-refractivity contribution in [2.75, 3.05) is 43.5 Å². The molecule has 0 unspecified atom stereocenters. The van der Waals surface area contributed by atoms with E-state index < -0.39 is 58.2 Å². The van der Waals surface area contributed by atoms with Crippen LogP contribution in [0, 0.1) is 6.57 Å². The summed E-state index contributed by atoms with van der Waals surface area (Å²) in [6, 6.07) is 8.80. The summed E-state index contributed by atoms with van der Waals surface area (Å²) >= 11 is 0. The van der Waals surface area contributed by atoms with Crippen LogP contribution in [-0.4, -0.2) is 78.1 Å². The Hall–Kier alpha value is -2.98. The van der Waals surface area contributed by atoms with Crippen LogP contribution in [0.5, 0.6) is 0 Å². The maximum absolute atomic E-state index is 12.5. The average molecular weight is 563 g/mol. The van der Waals surface area contributed by atoms with Crippen molar-refractivity contribution in [1.82, 2.24) is 0 Å². The molecule has 0 aliphatic heterocycles. The molecule has 2 rings (SSSR count). The number of rotatable bonds is 13. The second kappa shape index (κ2) is 12.3. The van der Waals surface area contributed by atoms with Crippen molar-refractivity contribution in [3.8, 4) is 0 Å². The van der Waals surface area contributed by atoms with E-state index in [4.69, 9.17) is 11.1 Å². The van der Waals surface area contributed by atoms with Gasteiger partial charge in [-0.05, 0) is 42.5 Å². The first-order valence-electron chi connectivity index (χ1n) is 9.94. The zero-order chi connectivity index (χ0) is 27.0. The number of nitrogens with zero attached hydrogens (tertiary/aromatic N) is 4. The molecule has 0 saturated carbocycles. The van der Waals surface area contributed by atoms with Crippen LogP contribution in [0.2, 0.25) is 0 Å². The number of sulfone groups is 1. The highest BCUT2D eigenvalue weighted by Gasteiger charge is 2.22. The SMILES string of the molecule is [C-]#[N+]CCN(CCO)c1ccc(N=Nc2cc(S(=O)(=O)CCOS(=O)(=O)O)ccc2S(=O)(=O)O)cc1. The lowest BCUT2D eigenvalue weighted by Gasteiger charge is -2.21. The van der Waals surface area contributed by atoms with E-state index in [9.17, 15) is 34.9 Å². The molecule has 0 aliphatic rings. The number of benzene rings is 2. The maximum atomic E-state index is 12.5. The fraction of sp³-hybridized carbons (Fsp3) is 0.316. The van der Waals surface area contributed by atoms with Crippen LogP contribution in [0.15, 0.2) is 62.5 Å². The van der Waals surface area contributed by atoms with E-state index in [1.807, 2.05) is 0 Å². The lowest BCUT2D eigenvalue weighted by molar-refractivity contribution is 0.284. The monoisotopic (exact) mass is 562 g/mol. The van der Waals surface area contributed by atoms with Crippen molar-refractivity contribution in [3.05, 3.63) is 53.9 Å². The molecule has 2 aromatic rings. The molecule has 0 fully saturated rings. The van der Waals surface area contributed by atoms with E-state index >= 15 is 0 Å². The number of aliphatic hydroxyl groups is 1. The van der Waals surface area contributed by atoms with Gasteiger partial charge in [0.05, 0.1) is 36.1 Å². The third-order valence-electron chi connectivity index (χ3n) is 4.49. The Bertz CT molecular complexity index is 1450. The highest BCUT2D eigenvalue weighted by atomic mass is 32.3. The molecule has 0 aromatic heterocycles. The van der Waals surface area contributed by atoms with Crippen molar-refractivity contribution >= 4 is 47.4 Å². The third kappa shape index (κ3) is 8.91. The minimum absolute atomic E-state index is 0.126. The molecule has 0 radical (unpaired) electrons. The molecular weight excluding hydrogens is 540 g/mol. The zero-order valence-corrected chi connectivity index (χ0v) is 20.9. The summed E-state index contributed by atoms with van der Waals surface area (Å²) in [4.78, 5) is 3.87. The van der Waals surface area contributed by atoms with E-state index in [0.717, 1.165) is 18.2 Å². The van der Waals surface area contributed by atoms with Gasteiger partial charge in [0.25, 0.3) is 10.1 Å². The number of anilines is 1. The summed E-state index contributed by atoms with van der Waals surface area (Å²) < 4.78 is 91.6. The van der Waals surface area contributed by atoms with Gasteiger partial charge in [0, 0.05) is 12.2 Å². The maximum Gasteiger partial charge on any atom is 0.397 e. The third-order valence-corrected chi connectivity index (χ3v) is 7.53. The van der Waals surface area contributed by atoms with Crippen LogP contribution in [0.4, 0.5) is 17.1 Å². The molecule has 17 heteroatoms. The Morgan fingerprint density at radius 2 is 1.61 bits per heavy atom. The molecule has 3 N–H and O–H groups in total. The van der Waals surface area contributed by atoms with Crippen LogP contribution >= 0.6 is 0 Å². The fourth-order valence-corrected chi connectivity index (χ4v) is 4.97. The molecule has 0 spiro atoms. The molecule has 196 valence electrons. The molecule has 14 nitrogen and oxygen atoms in total. The molecular formula is C19H22N4O10S3. The van der Waals surface area contributed by atoms with Gasteiger partial charge in [0.2, 0.25) is 6.54 Å². The Balaban J connectivity index is 2.35. The largest absolute Gasteiger partial charge is 0.397 e. The normalized spacial score (nSPS) is 12.5. The number of hydrogen-bond donors (Lipinski definition) is 3. The van der Waals surface area contributed by atoms with Crippen LogP contribution in [0.25, 0.3) is 4.85 Å². The van der Waals surface area contributed by atoms with Gasteiger partial charge in [-0.15, -0.1) is 5.11 Å². The smallest absolute Gasteiger partial charge is 0.395 e. The van der Waals surface area contributed by atoms with Gasteiger partial charge in [-0.2, -0.15) is 21.9 Å². The summed E-state index contributed by atoms with van der Waals surface area (Å²) in [5.41, 5.74) is 0.423. The molecule has 0 heterocycles. The van der Waals surface area contributed by atoms with Crippen LogP contribution in [0.1, 0.15) is 0 Å². The molecule has 0 saturated heterocycles. The molecule has 0 aliphatic carbocycles. The number of aliphatic hydroxyl groups excluding tert-OH is 1. The van der Waals surface area contributed by atoms with Crippen LogP contribution in [-0.2, 0) is 34.5 Å². The van der Waals surface area contributed by atoms with Gasteiger partial charge in [-0.3, -0.25) is 9.11 Å². The quantitative estimate of drug-likeness (QED) is 0.182. The van der Waals surface area contributed by atoms with Gasteiger partial charge in [-0.1, -0.05) is 0 Å². The second-order valence-corrected chi connectivity index (χ2v) is 11.6. The van der Waals surface area contributed by atoms with E-state index in [2.05, 4.69) is 19.3 Å². The van der Waals surface area contributed by atoms with Crippen molar-refractivity contribution < 1.29 is 43.6 Å². The Morgan fingerprint density at radius 1 is 0.944 bits per heavy atom. The summed E-state index contributed by atoms with van der Waals surface area (Å²) in [6.45, 7) is 6.79. The van der Waals surface area contributed by atoms with E-state index in [1.54, 1.807) is 17.0 Å². The standard InChI is InChI=1S/C19H22N4O10S3/c1-20-8-9-23(10-11-24)16-4-2-15(3-5-16)21-22-18-14-17(6-7-19(18)35(27,28)29)34(25,26)13-12-33-36(30,31)32/h2-7,14,24H,8-13H2,(H,27,28,29)(H,30,31,32). The average Bonchev–Trinajstić information content (AvgIpc) is 2.79. The Labute approximate surface area is 208 Å². The first-order chi connectivity index (χ1) is 16.8. The van der Waals surface area contributed by atoms with Crippen molar-refractivity contribution in [1.29, 1.82) is 0 Å². The molecule has 0 atom stereocenters. The highest BCUT2D eigenvalue weighted by molar-refractivity contribution is 7.91. The molecule has 36 heavy (non-hydrogen) atoms. The van der Waals surface area contributed by atoms with Crippen molar-refractivity contribution in [3.63, 3.8) is 0 Å². The lowest BCUT2D eigenvalue weighted by Crippen LogP contribution is -2.28. The van der Waals surface area contributed by atoms with Gasteiger partial charge in [0.1, 0.15) is 10.6 Å². The Morgan fingerprint density at radius 3 is 2.17 bits per heavy atom. The topological polar surface area (TPSA) is 205 Å². The summed E-state index contributed by atoms with van der Waals surface area (Å²) in [7, 11) is -13.9. The minimum atomic E-state index is -4.86. The van der Waals surface area contributed by atoms with Crippen LogP contribution in [0.3, 0.4) is 0 Å². The number of hydrogen-bond acceptors (Lipinski definition) is 11. The fourth-order valence-electron chi connectivity index (χ4n) is 2.86. The van der Waals surface area contributed by atoms with Crippen LogP contribution < -0.4 is 4.90 Å². The first kappa shape index (κ1) is 29.3. The Kier molecular flexibility index (Phi) is 10.0. The molecule has 0 bridgehead atoms. The number of azo groups is 1. The zero-order valence-electron chi connectivity index (χ0n) is 18.5. The summed E-state index contributed by atoms with van der Waals surface area (Å²) in [5.74, 6) is -0.867.